The molecule has 1 rings (SSSR count). The van der Waals surface area contributed by atoms with E-state index in [1.54, 1.807) is 13.0 Å². The van der Waals surface area contributed by atoms with Crippen LogP contribution in [0.2, 0.25) is 5.02 Å². The molecule has 0 aromatic heterocycles. The normalized spacial score (nSPS) is 13.1. The van der Waals surface area contributed by atoms with Gasteiger partial charge in [-0.15, -0.1) is 0 Å². The molecule has 0 aliphatic rings. The van der Waals surface area contributed by atoms with Gasteiger partial charge < -0.3 is 11.1 Å². The second kappa shape index (κ2) is 5.58. The summed E-state index contributed by atoms with van der Waals surface area (Å²) in [6.07, 6.45) is 1.11. The average molecular weight is 291 g/mol. The lowest BCUT2D eigenvalue weighted by molar-refractivity contribution is 0.0944. The third-order valence-electron chi connectivity index (χ3n) is 2.19. The first kappa shape index (κ1) is 14.8. The van der Waals surface area contributed by atoms with Gasteiger partial charge in [-0.3, -0.25) is 4.79 Å². The maximum Gasteiger partial charge on any atom is 0.253 e. The van der Waals surface area contributed by atoms with Crippen molar-refractivity contribution in [2.75, 3.05) is 17.7 Å². The van der Waals surface area contributed by atoms with Gasteiger partial charge in [0.25, 0.3) is 5.91 Å². The molecule has 1 aromatic carbocycles. The minimum absolute atomic E-state index is 0.126. The minimum atomic E-state index is -3.14. The molecule has 0 fully saturated rings. The molecule has 0 heterocycles. The second-order valence-corrected chi connectivity index (χ2v) is 6.82. The summed E-state index contributed by atoms with van der Waals surface area (Å²) in [6, 6.07) is 4.05. The lowest BCUT2D eigenvalue weighted by Gasteiger charge is -2.13. The fourth-order valence-electron chi connectivity index (χ4n) is 1.52. The molecule has 100 valence electrons. The highest BCUT2D eigenvalue weighted by molar-refractivity contribution is 7.90. The van der Waals surface area contributed by atoms with Crippen molar-refractivity contribution in [1.29, 1.82) is 0 Å². The molecule has 1 aromatic rings. The predicted molar refractivity (Wildman–Crippen MR) is 72.5 cm³/mol. The van der Waals surface area contributed by atoms with Gasteiger partial charge in [-0.2, -0.15) is 0 Å². The number of hydrogen-bond acceptors (Lipinski definition) is 4. The van der Waals surface area contributed by atoms with E-state index < -0.39 is 21.8 Å². The summed E-state index contributed by atoms with van der Waals surface area (Å²) >= 11 is 5.77. The Balaban J connectivity index is 2.80. The van der Waals surface area contributed by atoms with Crippen molar-refractivity contribution in [3.05, 3.63) is 28.8 Å². The lowest BCUT2D eigenvalue weighted by Crippen LogP contribution is -2.37. The van der Waals surface area contributed by atoms with E-state index in [4.69, 9.17) is 17.3 Å². The van der Waals surface area contributed by atoms with Gasteiger partial charge in [0.05, 0.1) is 11.3 Å². The lowest BCUT2D eigenvalue weighted by atomic mass is 10.1. The van der Waals surface area contributed by atoms with Crippen LogP contribution in [-0.2, 0) is 9.84 Å². The molecule has 18 heavy (non-hydrogen) atoms. The Hall–Kier alpha value is -1.27. The van der Waals surface area contributed by atoms with Gasteiger partial charge in [-0.05, 0) is 25.1 Å². The highest BCUT2D eigenvalue weighted by atomic mass is 35.5. The number of carbonyl (C=O) groups excluding carboxylic acids is 1. The van der Waals surface area contributed by atoms with Gasteiger partial charge in [0.1, 0.15) is 9.84 Å². The largest absolute Gasteiger partial charge is 0.398 e. The smallest absolute Gasteiger partial charge is 0.253 e. The van der Waals surface area contributed by atoms with E-state index in [1.807, 2.05) is 0 Å². The van der Waals surface area contributed by atoms with Crippen LogP contribution in [0.3, 0.4) is 0 Å². The molecule has 0 bridgehead atoms. The van der Waals surface area contributed by atoms with Crippen molar-refractivity contribution in [3.8, 4) is 0 Å². The number of benzene rings is 1. The number of amides is 1. The fraction of sp³-hybridized carbons (Fsp3) is 0.364. The van der Waals surface area contributed by atoms with E-state index in [0.717, 1.165) is 6.26 Å². The summed E-state index contributed by atoms with van der Waals surface area (Å²) in [4.78, 5) is 11.9. The molecule has 0 aliphatic carbocycles. The monoisotopic (exact) mass is 290 g/mol. The van der Waals surface area contributed by atoms with Gasteiger partial charge in [0.2, 0.25) is 0 Å². The molecular formula is C11H15ClN2O3S. The van der Waals surface area contributed by atoms with E-state index in [2.05, 4.69) is 5.32 Å². The number of carbonyl (C=O) groups is 1. The van der Waals surface area contributed by atoms with Crippen LogP contribution in [-0.4, -0.2) is 32.4 Å². The first-order valence-electron chi connectivity index (χ1n) is 5.22. The van der Waals surface area contributed by atoms with Crippen LogP contribution in [0.25, 0.3) is 0 Å². The number of rotatable bonds is 4. The SMILES string of the molecule is CC(CS(C)(=O)=O)NC(=O)c1cc(Cl)ccc1N. The van der Waals surface area contributed by atoms with Crippen LogP contribution >= 0.6 is 11.6 Å². The Bertz CT molecular complexity index is 557. The molecule has 0 saturated carbocycles. The molecule has 0 spiro atoms. The van der Waals surface area contributed by atoms with E-state index in [0.29, 0.717) is 10.7 Å². The van der Waals surface area contributed by atoms with Crippen molar-refractivity contribution >= 4 is 33.0 Å². The number of halogens is 1. The molecule has 1 amide bonds. The number of nitrogens with one attached hydrogen (secondary N) is 1. The van der Waals surface area contributed by atoms with Crippen LogP contribution in [0.4, 0.5) is 5.69 Å². The van der Waals surface area contributed by atoms with Crippen LogP contribution in [0.1, 0.15) is 17.3 Å². The predicted octanol–water partition coefficient (Wildman–Crippen LogP) is 1.09. The van der Waals surface area contributed by atoms with Gasteiger partial charge in [0.15, 0.2) is 0 Å². The summed E-state index contributed by atoms with van der Waals surface area (Å²) in [5.74, 6) is -0.565. The Kier molecular flexibility index (Phi) is 4.59. The van der Waals surface area contributed by atoms with Crippen molar-refractivity contribution in [3.63, 3.8) is 0 Å². The standard InChI is InChI=1S/C11H15ClN2O3S/c1-7(6-18(2,16)17)14-11(15)9-5-8(12)3-4-10(9)13/h3-5,7H,6,13H2,1-2H3,(H,14,15). The number of sulfone groups is 1. The van der Waals surface area contributed by atoms with Crippen molar-refractivity contribution in [1.82, 2.24) is 5.32 Å². The van der Waals surface area contributed by atoms with E-state index in [9.17, 15) is 13.2 Å². The Labute approximate surface area is 111 Å². The number of anilines is 1. The zero-order valence-corrected chi connectivity index (χ0v) is 11.7. The third kappa shape index (κ3) is 4.54. The van der Waals surface area contributed by atoms with Crippen LogP contribution in [0.5, 0.6) is 0 Å². The quantitative estimate of drug-likeness (QED) is 0.812. The summed E-state index contributed by atoms with van der Waals surface area (Å²) in [7, 11) is -3.14. The summed E-state index contributed by atoms with van der Waals surface area (Å²) in [5.41, 5.74) is 6.19. The van der Waals surface area contributed by atoms with E-state index >= 15 is 0 Å². The molecule has 0 radical (unpaired) electrons. The molecule has 3 N–H and O–H groups in total. The van der Waals surface area contributed by atoms with Crippen LogP contribution in [0.15, 0.2) is 18.2 Å². The van der Waals surface area contributed by atoms with Crippen molar-refractivity contribution in [2.45, 2.75) is 13.0 Å². The zero-order chi connectivity index (χ0) is 13.9. The number of nitrogen functional groups attached to an aromatic ring is 1. The van der Waals surface area contributed by atoms with Crippen molar-refractivity contribution < 1.29 is 13.2 Å². The highest BCUT2D eigenvalue weighted by Crippen LogP contribution is 2.17. The summed E-state index contributed by atoms with van der Waals surface area (Å²) in [5, 5.41) is 2.96. The first-order chi connectivity index (χ1) is 8.19. The Morgan fingerprint density at radius 2 is 2.11 bits per heavy atom. The molecule has 1 unspecified atom stereocenters. The van der Waals surface area contributed by atoms with Gasteiger partial charge in [-0.1, -0.05) is 11.6 Å². The topological polar surface area (TPSA) is 89.3 Å². The number of nitrogens with two attached hydrogens (primary N) is 1. The van der Waals surface area contributed by atoms with E-state index in [-0.39, 0.29) is 11.3 Å². The van der Waals surface area contributed by atoms with Gasteiger partial charge >= 0.3 is 0 Å². The highest BCUT2D eigenvalue weighted by Gasteiger charge is 2.16. The number of hydrogen-bond donors (Lipinski definition) is 2. The third-order valence-corrected chi connectivity index (χ3v) is 3.53. The zero-order valence-electron chi connectivity index (χ0n) is 10.1. The molecule has 7 heteroatoms. The molecule has 0 aliphatic heterocycles. The van der Waals surface area contributed by atoms with Crippen LogP contribution in [0, 0.1) is 0 Å². The molecular weight excluding hydrogens is 276 g/mol. The summed E-state index contributed by atoms with van der Waals surface area (Å²) in [6.45, 7) is 1.61. The minimum Gasteiger partial charge on any atom is -0.398 e. The molecule has 1 atom stereocenters. The van der Waals surface area contributed by atoms with Gasteiger partial charge in [0, 0.05) is 23.0 Å². The van der Waals surface area contributed by atoms with Crippen molar-refractivity contribution in [2.24, 2.45) is 0 Å². The maximum absolute atomic E-state index is 11.9. The second-order valence-electron chi connectivity index (χ2n) is 4.20. The fourth-order valence-corrected chi connectivity index (χ4v) is 2.69. The van der Waals surface area contributed by atoms with E-state index in [1.165, 1.54) is 12.1 Å². The molecule has 5 nitrogen and oxygen atoms in total. The van der Waals surface area contributed by atoms with Crippen LogP contribution < -0.4 is 11.1 Å². The van der Waals surface area contributed by atoms with Gasteiger partial charge in [-0.25, -0.2) is 8.42 Å². The summed E-state index contributed by atoms with van der Waals surface area (Å²) < 4.78 is 22.2. The Morgan fingerprint density at radius 1 is 1.50 bits per heavy atom. The first-order valence-corrected chi connectivity index (χ1v) is 7.66. The molecule has 0 saturated heterocycles. The Morgan fingerprint density at radius 3 is 2.67 bits per heavy atom. The average Bonchev–Trinajstić information content (AvgIpc) is 2.18. The maximum atomic E-state index is 11.9.